The van der Waals surface area contributed by atoms with Crippen LogP contribution in [0, 0.1) is 11.3 Å². The van der Waals surface area contributed by atoms with Crippen LogP contribution in [0.2, 0.25) is 0 Å². The number of nitriles is 1. The van der Waals surface area contributed by atoms with E-state index < -0.39 is 15.8 Å². The number of esters is 1. The van der Waals surface area contributed by atoms with Crippen molar-refractivity contribution in [1.82, 2.24) is 0 Å². The molecule has 0 heterocycles. The van der Waals surface area contributed by atoms with Crippen LogP contribution in [0.5, 0.6) is 0 Å². The first kappa shape index (κ1) is 19.3. The van der Waals surface area contributed by atoms with Crippen molar-refractivity contribution in [3.63, 3.8) is 0 Å². The van der Waals surface area contributed by atoms with Gasteiger partial charge in [0.1, 0.15) is 6.61 Å². The molecule has 28 heavy (non-hydrogen) atoms. The summed E-state index contributed by atoms with van der Waals surface area (Å²) in [5, 5.41) is 9.21. The Kier molecular flexibility index (Phi) is 5.57. The van der Waals surface area contributed by atoms with Crippen molar-refractivity contribution in [2.24, 2.45) is 0 Å². The highest BCUT2D eigenvalue weighted by Gasteiger charge is 2.11. The lowest BCUT2D eigenvalue weighted by Crippen LogP contribution is -2.06. The standard InChI is InChI=1S/C22H17NO4S/c1-28(25,26)20-12-10-18(11-13-20)22(24)27-15-16-6-8-17(9-7-16)21-5-3-2-4-19(21)14-23/h2-13H,15H2,1H3. The maximum atomic E-state index is 12.1. The molecule has 0 aliphatic carbocycles. The van der Waals surface area contributed by atoms with E-state index in [1.54, 1.807) is 6.07 Å². The summed E-state index contributed by atoms with van der Waals surface area (Å²) in [5.41, 5.74) is 3.44. The van der Waals surface area contributed by atoms with Gasteiger partial charge in [0.05, 0.1) is 22.1 Å². The summed E-state index contributed by atoms with van der Waals surface area (Å²) in [6.45, 7) is 0.0901. The molecule has 3 rings (SSSR count). The first-order valence-electron chi connectivity index (χ1n) is 8.44. The van der Waals surface area contributed by atoms with Crippen LogP contribution in [0.25, 0.3) is 11.1 Å². The normalized spacial score (nSPS) is 10.9. The zero-order valence-electron chi connectivity index (χ0n) is 15.1. The number of ether oxygens (including phenoxy) is 1. The molecular weight excluding hydrogens is 374 g/mol. The van der Waals surface area contributed by atoms with Crippen LogP contribution < -0.4 is 0 Å². The molecule has 0 unspecified atom stereocenters. The van der Waals surface area contributed by atoms with Gasteiger partial charge in [-0.1, -0.05) is 42.5 Å². The van der Waals surface area contributed by atoms with E-state index in [4.69, 9.17) is 4.74 Å². The molecule has 5 nitrogen and oxygen atoms in total. The van der Waals surface area contributed by atoms with E-state index >= 15 is 0 Å². The molecule has 0 N–H and O–H groups in total. The summed E-state index contributed by atoms with van der Waals surface area (Å²) >= 11 is 0. The quantitative estimate of drug-likeness (QED) is 0.614. The van der Waals surface area contributed by atoms with Crippen LogP contribution in [-0.2, 0) is 21.2 Å². The average molecular weight is 391 g/mol. The lowest BCUT2D eigenvalue weighted by Gasteiger charge is -2.08. The minimum Gasteiger partial charge on any atom is -0.457 e. The van der Waals surface area contributed by atoms with E-state index in [0.717, 1.165) is 22.9 Å². The largest absolute Gasteiger partial charge is 0.457 e. The molecule has 0 aliphatic rings. The number of nitrogens with zero attached hydrogens (tertiary/aromatic N) is 1. The predicted molar refractivity (Wildman–Crippen MR) is 105 cm³/mol. The topological polar surface area (TPSA) is 84.2 Å². The summed E-state index contributed by atoms with van der Waals surface area (Å²) in [6.07, 6.45) is 1.11. The Balaban J connectivity index is 1.66. The fourth-order valence-corrected chi connectivity index (χ4v) is 3.31. The summed E-state index contributed by atoms with van der Waals surface area (Å²) in [5.74, 6) is -0.529. The van der Waals surface area contributed by atoms with Gasteiger partial charge in [-0.15, -0.1) is 0 Å². The van der Waals surface area contributed by atoms with Gasteiger partial charge >= 0.3 is 5.97 Å². The maximum absolute atomic E-state index is 12.1. The number of hydrogen-bond acceptors (Lipinski definition) is 5. The Morgan fingerprint density at radius 1 is 0.964 bits per heavy atom. The molecule has 0 saturated heterocycles. The molecule has 140 valence electrons. The summed E-state index contributed by atoms with van der Waals surface area (Å²) in [4.78, 5) is 12.3. The number of hydrogen-bond donors (Lipinski definition) is 0. The van der Waals surface area contributed by atoms with Gasteiger partial charge in [-0.05, 0) is 47.0 Å². The van der Waals surface area contributed by atoms with Gasteiger partial charge in [-0.3, -0.25) is 0 Å². The molecule has 0 saturated carbocycles. The van der Waals surface area contributed by atoms with Gasteiger partial charge in [0.2, 0.25) is 0 Å². The van der Waals surface area contributed by atoms with Crippen LogP contribution in [0.15, 0.2) is 77.7 Å². The molecule has 0 amide bonds. The number of carbonyl (C=O) groups excluding carboxylic acids is 1. The Morgan fingerprint density at radius 2 is 1.61 bits per heavy atom. The Morgan fingerprint density at radius 3 is 2.21 bits per heavy atom. The van der Waals surface area contributed by atoms with E-state index in [-0.39, 0.29) is 17.1 Å². The van der Waals surface area contributed by atoms with Crippen molar-refractivity contribution in [1.29, 1.82) is 5.26 Å². The number of rotatable bonds is 5. The van der Waals surface area contributed by atoms with Gasteiger partial charge < -0.3 is 4.74 Å². The minimum atomic E-state index is -3.30. The number of benzene rings is 3. The van der Waals surface area contributed by atoms with E-state index in [1.807, 2.05) is 42.5 Å². The molecule has 0 aliphatic heterocycles. The summed E-state index contributed by atoms with van der Waals surface area (Å²) in [7, 11) is -3.30. The van der Waals surface area contributed by atoms with Crippen molar-refractivity contribution in [2.45, 2.75) is 11.5 Å². The van der Waals surface area contributed by atoms with Crippen molar-refractivity contribution in [3.05, 3.63) is 89.5 Å². The predicted octanol–water partition coefficient (Wildman–Crippen LogP) is 3.99. The monoisotopic (exact) mass is 391 g/mol. The zero-order chi connectivity index (χ0) is 20.1. The second-order valence-corrected chi connectivity index (χ2v) is 8.24. The van der Waals surface area contributed by atoms with Gasteiger partial charge in [0, 0.05) is 6.26 Å². The third-order valence-electron chi connectivity index (χ3n) is 4.20. The smallest absolute Gasteiger partial charge is 0.338 e. The molecular formula is C22H17NO4S. The number of carbonyl (C=O) groups is 1. The second kappa shape index (κ2) is 8.07. The molecule has 0 atom stereocenters. The molecule has 0 radical (unpaired) electrons. The van der Waals surface area contributed by atoms with Gasteiger partial charge in [0.15, 0.2) is 9.84 Å². The van der Waals surface area contributed by atoms with Crippen LogP contribution in [-0.4, -0.2) is 20.6 Å². The molecule has 0 aromatic heterocycles. The second-order valence-electron chi connectivity index (χ2n) is 6.23. The molecule has 6 heteroatoms. The van der Waals surface area contributed by atoms with Gasteiger partial charge in [0.25, 0.3) is 0 Å². The Labute approximate surface area is 163 Å². The number of sulfone groups is 1. The Bertz CT molecular complexity index is 1140. The highest BCUT2D eigenvalue weighted by molar-refractivity contribution is 7.90. The zero-order valence-corrected chi connectivity index (χ0v) is 15.9. The lowest BCUT2D eigenvalue weighted by molar-refractivity contribution is 0.0472. The van der Waals surface area contributed by atoms with Gasteiger partial charge in [-0.2, -0.15) is 5.26 Å². The van der Waals surface area contributed by atoms with E-state index in [0.29, 0.717) is 5.56 Å². The van der Waals surface area contributed by atoms with Crippen LogP contribution in [0.3, 0.4) is 0 Å². The summed E-state index contributed by atoms with van der Waals surface area (Å²) < 4.78 is 28.2. The van der Waals surface area contributed by atoms with E-state index in [9.17, 15) is 18.5 Å². The first-order chi connectivity index (χ1) is 13.4. The Hall–Kier alpha value is -3.43. The van der Waals surface area contributed by atoms with E-state index in [1.165, 1.54) is 24.3 Å². The SMILES string of the molecule is CS(=O)(=O)c1ccc(C(=O)OCc2ccc(-c3ccccc3C#N)cc2)cc1. The van der Waals surface area contributed by atoms with Crippen LogP contribution in [0.1, 0.15) is 21.5 Å². The maximum Gasteiger partial charge on any atom is 0.338 e. The van der Waals surface area contributed by atoms with Crippen LogP contribution in [0.4, 0.5) is 0 Å². The lowest BCUT2D eigenvalue weighted by atomic mass is 9.99. The average Bonchev–Trinajstić information content (AvgIpc) is 2.72. The molecule has 3 aromatic carbocycles. The highest BCUT2D eigenvalue weighted by Crippen LogP contribution is 2.23. The van der Waals surface area contributed by atoms with Crippen molar-refractivity contribution in [3.8, 4) is 17.2 Å². The van der Waals surface area contributed by atoms with Crippen molar-refractivity contribution < 1.29 is 17.9 Å². The fraction of sp³-hybridized carbons (Fsp3) is 0.0909. The molecule has 0 spiro atoms. The van der Waals surface area contributed by atoms with Crippen LogP contribution >= 0.6 is 0 Å². The fourth-order valence-electron chi connectivity index (χ4n) is 2.68. The van der Waals surface area contributed by atoms with Crippen molar-refractivity contribution >= 4 is 15.8 Å². The summed E-state index contributed by atoms with van der Waals surface area (Å²) in [6, 6.07) is 22.6. The third kappa shape index (κ3) is 4.45. The van der Waals surface area contributed by atoms with Crippen molar-refractivity contribution in [2.75, 3.05) is 6.26 Å². The third-order valence-corrected chi connectivity index (χ3v) is 5.33. The first-order valence-corrected chi connectivity index (χ1v) is 10.3. The molecule has 0 bridgehead atoms. The highest BCUT2D eigenvalue weighted by atomic mass is 32.2. The van der Waals surface area contributed by atoms with E-state index in [2.05, 4.69) is 6.07 Å². The molecule has 3 aromatic rings. The molecule has 0 fully saturated rings. The minimum absolute atomic E-state index is 0.0901. The van der Waals surface area contributed by atoms with Gasteiger partial charge in [-0.25, -0.2) is 13.2 Å².